The Labute approximate surface area is 109 Å². The molecule has 1 fully saturated rings. The van der Waals surface area contributed by atoms with E-state index in [1.807, 2.05) is 11.8 Å². The van der Waals surface area contributed by atoms with E-state index >= 15 is 0 Å². The van der Waals surface area contributed by atoms with Crippen LogP contribution in [0.3, 0.4) is 0 Å². The molecule has 0 saturated carbocycles. The molecule has 2 amide bonds. The monoisotopic (exact) mass is 263 g/mol. The zero-order chi connectivity index (χ0) is 12.5. The van der Waals surface area contributed by atoms with Gasteiger partial charge in [0.25, 0.3) is 11.8 Å². The van der Waals surface area contributed by atoms with Crippen molar-refractivity contribution in [2.45, 2.75) is 18.9 Å². The molecule has 0 aliphatic carbocycles. The Morgan fingerprint density at radius 2 is 1.61 bits per heavy atom. The van der Waals surface area contributed by atoms with Crippen LogP contribution in [0.1, 0.15) is 33.6 Å². The number of imide groups is 1. The van der Waals surface area contributed by atoms with Crippen LogP contribution in [0.5, 0.6) is 0 Å². The molecule has 0 atom stereocenters. The van der Waals surface area contributed by atoms with Gasteiger partial charge < -0.3 is 0 Å². The molecule has 0 spiro atoms. The number of rotatable bonds is 2. The summed E-state index contributed by atoms with van der Waals surface area (Å²) in [4.78, 5) is 29.7. The van der Waals surface area contributed by atoms with Crippen molar-refractivity contribution in [1.29, 1.82) is 0 Å². The highest BCUT2D eigenvalue weighted by Crippen LogP contribution is 2.26. The molecule has 0 N–H and O–H groups in total. The molecule has 2 aliphatic rings. The van der Waals surface area contributed by atoms with Crippen molar-refractivity contribution in [3.63, 3.8) is 0 Å². The quantitative estimate of drug-likeness (QED) is 0.767. The number of fused-ring (bicyclic) bond motifs is 1. The fourth-order valence-corrected chi connectivity index (χ4v) is 3.26. The highest BCUT2D eigenvalue weighted by Gasteiger charge is 2.38. The highest BCUT2D eigenvalue weighted by molar-refractivity contribution is 7.99. The lowest BCUT2D eigenvalue weighted by atomic mass is 10.1. The van der Waals surface area contributed by atoms with E-state index in [0.717, 1.165) is 29.4 Å². The van der Waals surface area contributed by atoms with E-state index in [1.54, 1.807) is 24.3 Å². The molecule has 5 heteroatoms. The molecule has 0 bridgehead atoms. The minimum absolute atomic E-state index is 0.0199. The van der Waals surface area contributed by atoms with Gasteiger partial charge in [-0.15, -0.1) is 5.06 Å². The second-order valence-electron chi connectivity index (χ2n) is 4.37. The molecule has 0 radical (unpaired) electrons. The summed E-state index contributed by atoms with van der Waals surface area (Å²) in [5.74, 6) is 1.37. The van der Waals surface area contributed by atoms with Crippen LogP contribution in [-0.2, 0) is 4.84 Å². The largest absolute Gasteiger partial charge is 0.285 e. The number of benzene rings is 1. The molecular weight excluding hydrogens is 250 g/mol. The van der Waals surface area contributed by atoms with Gasteiger partial charge in [0.05, 0.1) is 17.2 Å². The normalized spacial score (nSPS) is 20.3. The zero-order valence-electron chi connectivity index (χ0n) is 9.80. The average Bonchev–Trinajstić information content (AvgIpc) is 2.66. The first-order chi connectivity index (χ1) is 8.77. The van der Waals surface area contributed by atoms with Crippen molar-refractivity contribution < 1.29 is 14.4 Å². The predicted octanol–water partition coefficient (Wildman–Crippen LogP) is 2.11. The number of carbonyl (C=O) groups is 2. The van der Waals surface area contributed by atoms with Crippen LogP contribution in [0, 0.1) is 0 Å². The lowest BCUT2D eigenvalue weighted by Gasteiger charge is -2.25. The molecular formula is C13H13NO3S. The molecule has 0 unspecified atom stereocenters. The number of thioether (sulfide) groups is 1. The van der Waals surface area contributed by atoms with Gasteiger partial charge in [0.15, 0.2) is 0 Å². The second-order valence-corrected chi connectivity index (χ2v) is 5.59. The topological polar surface area (TPSA) is 46.6 Å². The molecule has 1 aromatic carbocycles. The predicted molar refractivity (Wildman–Crippen MR) is 68.4 cm³/mol. The Morgan fingerprint density at radius 3 is 2.17 bits per heavy atom. The van der Waals surface area contributed by atoms with Crippen LogP contribution in [0.2, 0.25) is 0 Å². The van der Waals surface area contributed by atoms with Gasteiger partial charge in [-0.05, 0) is 36.5 Å². The first-order valence-electron chi connectivity index (χ1n) is 5.99. The molecule has 94 valence electrons. The Morgan fingerprint density at radius 1 is 1.06 bits per heavy atom. The summed E-state index contributed by atoms with van der Waals surface area (Å²) in [6, 6.07) is 6.83. The van der Waals surface area contributed by atoms with Gasteiger partial charge in [-0.3, -0.25) is 14.4 Å². The first-order valence-corrected chi connectivity index (χ1v) is 7.15. The van der Waals surface area contributed by atoms with E-state index in [-0.39, 0.29) is 17.9 Å². The standard InChI is InChI=1S/C13H13NO3S/c15-12-10-3-1-2-4-11(10)13(16)14(12)17-9-5-7-18-8-6-9/h1-4,9H,5-8H2. The van der Waals surface area contributed by atoms with Gasteiger partial charge in [-0.1, -0.05) is 12.1 Å². The maximum Gasteiger partial charge on any atom is 0.285 e. The number of hydrogen-bond acceptors (Lipinski definition) is 4. The minimum atomic E-state index is -0.339. The van der Waals surface area contributed by atoms with Gasteiger partial charge in [-0.2, -0.15) is 11.8 Å². The van der Waals surface area contributed by atoms with Gasteiger partial charge in [0.2, 0.25) is 0 Å². The number of hydroxylamine groups is 2. The van der Waals surface area contributed by atoms with E-state index in [9.17, 15) is 9.59 Å². The number of nitrogens with zero attached hydrogens (tertiary/aromatic N) is 1. The summed E-state index contributed by atoms with van der Waals surface area (Å²) in [5, 5.41) is 0.936. The summed E-state index contributed by atoms with van der Waals surface area (Å²) >= 11 is 1.88. The van der Waals surface area contributed by atoms with Crippen LogP contribution in [0.4, 0.5) is 0 Å². The summed E-state index contributed by atoms with van der Waals surface area (Å²) in [6.45, 7) is 0. The van der Waals surface area contributed by atoms with E-state index < -0.39 is 0 Å². The summed E-state index contributed by atoms with van der Waals surface area (Å²) < 4.78 is 0. The van der Waals surface area contributed by atoms with Crippen molar-refractivity contribution >= 4 is 23.6 Å². The van der Waals surface area contributed by atoms with Crippen molar-refractivity contribution in [2.24, 2.45) is 0 Å². The van der Waals surface area contributed by atoms with Crippen LogP contribution < -0.4 is 0 Å². The van der Waals surface area contributed by atoms with Crippen molar-refractivity contribution in [3.05, 3.63) is 35.4 Å². The second kappa shape index (κ2) is 4.74. The van der Waals surface area contributed by atoms with Crippen LogP contribution in [-0.4, -0.2) is 34.5 Å². The molecule has 4 nitrogen and oxygen atoms in total. The van der Waals surface area contributed by atoms with Gasteiger partial charge >= 0.3 is 0 Å². The third kappa shape index (κ3) is 1.93. The number of amides is 2. The van der Waals surface area contributed by atoms with Gasteiger partial charge in [-0.25, -0.2) is 0 Å². The van der Waals surface area contributed by atoms with Gasteiger partial charge in [0.1, 0.15) is 0 Å². The lowest BCUT2D eigenvalue weighted by Crippen LogP contribution is -2.36. The Hall–Kier alpha value is -1.33. The van der Waals surface area contributed by atoms with Crippen molar-refractivity contribution in [1.82, 2.24) is 5.06 Å². The third-order valence-electron chi connectivity index (χ3n) is 3.18. The maximum atomic E-state index is 12.1. The fraction of sp³-hybridized carbons (Fsp3) is 0.385. The highest BCUT2D eigenvalue weighted by atomic mass is 32.2. The number of hydrogen-bond donors (Lipinski definition) is 0. The molecule has 1 aromatic rings. The van der Waals surface area contributed by atoms with E-state index in [2.05, 4.69) is 0 Å². The van der Waals surface area contributed by atoms with Crippen LogP contribution >= 0.6 is 11.8 Å². The molecule has 1 saturated heterocycles. The Bertz CT molecular complexity index is 462. The van der Waals surface area contributed by atoms with Crippen LogP contribution in [0.15, 0.2) is 24.3 Å². The summed E-state index contributed by atoms with van der Waals surface area (Å²) in [6.07, 6.45) is 1.75. The summed E-state index contributed by atoms with van der Waals surface area (Å²) in [7, 11) is 0. The first kappa shape index (κ1) is 11.7. The van der Waals surface area contributed by atoms with Crippen molar-refractivity contribution in [3.8, 4) is 0 Å². The maximum absolute atomic E-state index is 12.1. The minimum Gasteiger partial charge on any atom is -0.266 e. The smallest absolute Gasteiger partial charge is 0.266 e. The molecule has 0 aromatic heterocycles. The zero-order valence-corrected chi connectivity index (χ0v) is 10.6. The Balaban J connectivity index is 1.79. The molecule has 2 heterocycles. The SMILES string of the molecule is O=C1c2ccccc2C(=O)N1OC1CCSCC1. The lowest BCUT2D eigenvalue weighted by molar-refractivity contribution is -0.133. The van der Waals surface area contributed by atoms with Gasteiger partial charge in [0, 0.05) is 0 Å². The van der Waals surface area contributed by atoms with Crippen molar-refractivity contribution in [2.75, 3.05) is 11.5 Å². The number of carbonyl (C=O) groups excluding carboxylic acids is 2. The van der Waals surface area contributed by atoms with E-state index in [0.29, 0.717) is 11.1 Å². The molecule has 18 heavy (non-hydrogen) atoms. The van der Waals surface area contributed by atoms with E-state index in [4.69, 9.17) is 4.84 Å². The van der Waals surface area contributed by atoms with E-state index in [1.165, 1.54) is 0 Å². The molecule has 3 rings (SSSR count). The summed E-state index contributed by atoms with van der Waals surface area (Å²) in [5.41, 5.74) is 0.875. The molecule has 2 aliphatic heterocycles. The fourth-order valence-electron chi connectivity index (χ4n) is 2.19. The Kier molecular flexibility index (Phi) is 3.09. The average molecular weight is 263 g/mol. The third-order valence-corrected chi connectivity index (χ3v) is 4.23. The van der Waals surface area contributed by atoms with Crippen LogP contribution in [0.25, 0.3) is 0 Å².